The van der Waals surface area contributed by atoms with Crippen LogP contribution in [0.1, 0.15) is 296 Å². The maximum atomic E-state index is 13.0. The first-order valence-corrected chi connectivity index (χ1v) is 31.4. The van der Waals surface area contributed by atoms with Crippen molar-refractivity contribution < 1.29 is 39.8 Å². The molecule has 73 heavy (non-hydrogen) atoms. The van der Waals surface area contributed by atoms with Gasteiger partial charge < -0.3 is 40.3 Å². The van der Waals surface area contributed by atoms with Gasteiger partial charge in [0, 0.05) is 6.42 Å². The highest BCUT2D eigenvalue weighted by Crippen LogP contribution is 2.23. The lowest BCUT2D eigenvalue weighted by Gasteiger charge is -2.40. The maximum Gasteiger partial charge on any atom is 0.220 e. The Balaban J connectivity index is 2.18. The highest BCUT2D eigenvalue weighted by atomic mass is 16.7. The zero-order valence-electron chi connectivity index (χ0n) is 47.6. The standard InChI is InChI=1S/C64H119NO8/c1-3-5-7-9-11-13-15-17-19-21-22-23-24-25-26-27-28-29-30-31-32-33-34-35-36-38-39-41-43-45-47-49-51-53-58(67)57(56-72-64-63(71)62(70)61(69)59(55-66)73-64)65-60(68)54-52-50-48-46-44-42-40-37-20-18-16-14-12-10-8-6-4-2/h18,20,36,38,43,45,51,53,57-59,61-64,66-67,69-71H,3-17,19,21-35,37,39-42,44,46-50,52,54-56H2,1-2H3,(H,65,68)/b20-18-,38-36+,45-43+,53-51+. The third kappa shape index (κ3) is 42.9. The Morgan fingerprint density at radius 3 is 1.15 bits per heavy atom. The number of aliphatic hydroxyl groups excluding tert-OH is 5. The molecule has 7 atom stereocenters. The summed E-state index contributed by atoms with van der Waals surface area (Å²) in [7, 11) is 0. The summed E-state index contributed by atoms with van der Waals surface area (Å²) >= 11 is 0. The molecule has 0 aromatic rings. The number of rotatable bonds is 54. The lowest BCUT2D eigenvalue weighted by atomic mass is 9.99. The quantitative estimate of drug-likeness (QED) is 0.0261. The van der Waals surface area contributed by atoms with Crippen LogP contribution in [0.25, 0.3) is 0 Å². The van der Waals surface area contributed by atoms with E-state index in [9.17, 15) is 30.3 Å². The van der Waals surface area contributed by atoms with E-state index in [0.717, 1.165) is 57.8 Å². The van der Waals surface area contributed by atoms with Crippen LogP contribution in [0.5, 0.6) is 0 Å². The largest absolute Gasteiger partial charge is 0.394 e. The van der Waals surface area contributed by atoms with Crippen molar-refractivity contribution in [2.24, 2.45) is 0 Å². The van der Waals surface area contributed by atoms with Crippen LogP contribution in [-0.2, 0) is 14.3 Å². The summed E-state index contributed by atoms with van der Waals surface area (Å²) in [6.45, 7) is 3.78. The molecule has 0 saturated carbocycles. The first-order chi connectivity index (χ1) is 35.8. The number of carbonyl (C=O) groups is 1. The van der Waals surface area contributed by atoms with Crippen molar-refractivity contribution in [2.45, 2.75) is 339 Å². The number of hydrogen-bond donors (Lipinski definition) is 6. The van der Waals surface area contributed by atoms with E-state index in [-0.39, 0.29) is 12.5 Å². The average molecular weight is 1030 g/mol. The second kappa shape index (κ2) is 53.5. The van der Waals surface area contributed by atoms with E-state index in [2.05, 4.69) is 55.6 Å². The van der Waals surface area contributed by atoms with E-state index in [4.69, 9.17) is 9.47 Å². The second-order valence-corrected chi connectivity index (χ2v) is 21.8. The van der Waals surface area contributed by atoms with Gasteiger partial charge in [0.1, 0.15) is 24.4 Å². The van der Waals surface area contributed by atoms with Crippen molar-refractivity contribution in [2.75, 3.05) is 13.2 Å². The van der Waals surface area contributed by atoms with Gasteiger partial charge in [0.05, 0.1) is 25.4 Å². The molecule has 0 aromatic heterocycles. The summed E-state index contributed by atoms with van der Waals surface area (Å²) in [6, 6.07) is -0.832. The molecule has 9 nitrogen and oxygen atoms in total. The molecular weight excluding hydrogens is 911 g/mol. The summed E-state index contributed by atoms with van der Waals surface area (Å²) in [4.78, 5) is 13.0. The van der Waals surface area contributed by atoms with Gasteiger partial charge in [-0.2, -0.15) is 0 Å². The van der Waals surface area contributed by atoms with E-state index in [1.165, 1.54) is 218 Å². The first kappa shape index (κ1) is 69.2. The molecule has 9 heteroatoms. The van der Waals surface area contributed by atoms with Crippen molar-refractivity contribution in [3.63, 3.8) is 0 Å². The number of unbranched alkanes of at least 4 members (excludes halogenated alkanes) is 38. The summed E-state index contributed by atoms with van der Waals surface area (Å²) < 4.78 is 11.3. The monoisotopic (exact) mass is 1030 g/mol. The van der Waals surface area contributed by atoms with Gasteiger partial charge in [-0.1, -0.05) is 268 Å². The van der Waals surface area contributed by atoms with E-state index in [1.54, 1.807) is 6.08 Å². The summed E-state index contributed by atoms with van der Waals surface area (Å²) in [6.07, 6.45) is 64.9. The van der Waals surface area contributed by atoms with Crippen molar-refractivity contribution in [1.29, 1.82) is 0 Å². The Labute approximate surface area is 450 Å². The number of carbonyl (C=O) groups excluding carboxylic acids is 1. The smallest absolute Gasteiger partial charge is 0.220 e. The van der Waals surface area contributed by atoms with Crippen LogP contribution in [0.15, 0.2) is 48.6 Å². The lowest BCUT2D eigenvalue weighted by Crippen LogP contribution is -2.60. The zero-order chi connectivity index (χ0) is 52.9. The van der Waals surface area contributed by atoms with Crippen LogP contribution in [-0.4, -0.2) is 87.5 Å². The van der Waals surface area contributed by atoms with Gasteiger partial charge in [-0.3, -0.25) is 4.79 Å². The Morgan fingerprint density at radius 1 is 0.452 bits per heavy atom. The molecule has 1 amide bonds. The fourth-order valence-electron chi connectivity index (χ4n) is 9.89. The molecule has 7 unspecified atom stereocenters. The van der Waals surface area contributed by atoms with E-state index >= 15 is 0 Å². The number of aliphatic hydroxyl groups is 5. The Bertz CT molecular complexity index is 1290. The SMILES string of the molecule is CCCCCCCC/C=C\CCCCCCCCCC(=O)NC(COC1OC(CO)C(O)C(O)C1O)C(O)/C=C/CC/C=C/CC/C=C/CCCCCCCCCCCCCCCCCCCCCCCCC. The molecular formula is C64H119NO8. The molecule has 1 rings (SSSR count). The molecule has 1 aliphatic rings. The predicted octanol–water partition coefficient (Wildman–Crippen LogP) is 16.1. The minimum Gasteiger partial charge on any atom is -0.394 e. The summed E-state index contributed by atoms with van der Waals surface area (Å²) in [5.41, 5.74) is 0. The van der Waals surface area contributed by atoms with Crippen LogP contribution in [0, 0.1) is 0 Å². The minimum atomic E-state index is -1.58. The van der Waals surface area contributed by atoms with E-state index in [1.807, 2.05) is 6.08 Å². The van der Waals surface area contributed by atoms with Crippen LogP contribution in [0.2, 0.25) is 0 Å². The molecule has 428 valence electrons. The van der Waals surface area contributed by atoms with Crippen LogP contribution >= 0.6 is 0 Å². The maximum absolute atomic E-state index is 13.0. The molecule has 1 fully saturated rings. The van der Waals surface area contributed by atoms with Gasteiger partial charge in [-0.15, -0.1) is 0 Å². The van der Waals surface area contributed by atoms with Crippen molar-refractivity contribution in [3.05, 3.63) is 48.6 Å². The van der Waals surface area contributed by atoms with Crippen molar-refractivity contribution >= 4 is 5.91 Å². The first-order valence-electron chi connectivity index (χ1n) is 31.4. The summed E-state index contributed by atoms with van der Waals surface area (Å²) in [5, 5.41) is 54.5. The number of nitrogens with one attached hydrogen (secondary N) is 1. The molecule has 0 bridgehead atoms. The fraction of sp³-hybridized carbons (Fsp3) is 0.859. The summed E-state index contributed by atoms with van der Waals surface area (Å²) in [5.74, 6) is -0.194. The van der Waals surface area contributed by atoms with Gasteiger partial charge in [-0.25, -0.2) is 0 Å². The fourth-order valence-corrected chi connectivity index (χ4v) is 9.89. The molecule has 1 aliphatic heterocycles. The van der Waals surface area contributed by atoms with Gasteiger partial charge in [-0.05, 0) is 70.6 Å². The number of ether oxygens (including phenoxy) is 2. The lowest BCUT2D eigenvalue weighted by molar-refractivity contribution is -0.302. The van der Waals surface area contributed by atoms with Crippen molar-refractivity contribution in [3.8, 4) is 0 Å². The Hall–Kier alpha value is -1.85. The average Bonchev–Trinajstić information content (AvgIpc) is 3.39. The highest BCUT2D eigenvalue weighted by Gasteiger charge is 2.44. The normalized spacial score (nSPS) is 19.4. The Kier molecular flexibility index (Phi) is 50.7. The molecule has 6 N–H and O–H groups in total. The molecule has 0 aliphatic carbocycles. The van der Waals surface area contributed by atoms with Crippen molar-refractivity contribution in [1.82, 2.24) is 5.32 Å². The van der Waals surface area contributed by atoms with Crippen LogP contribution < -0.4 is 5.32 Å². The minimum absolute atomic E-state index is 0.194. The molecule has 0 radical (unpaired) electrons. The van der Waals surface area contributed by atoms with Crippen LogP contribution in [0.4, 0.5) is 0 Å². The van der Waals surface area contributed by atoms with E-state index < -0.39 is 49.5 Å². The van der Waals surface area contributed by atoms with Gasteiger partial charge in [0.15, 0.2) is 6.29 Å². The van der Waals surface area contributed by atoms with Crippen LogP contribution in [0.3, 0.4) is 0 Å². The predicted molar refractivity (Wildman–Crippen MR) is 309 cm³/mol. The number of allylic oxidation sites excluding steroid dienone is 7. The third-order valence-electron chi connectivity index (χ3n) is 14.9. The van der Waals surface area contributed by atoms with Gasteiger partial charge in [0.25, 0.3) is 0 Å². The number of amides is 1. The topological polar surface area (TPSA) is 149 Å². The second-order valence-electron chi connectivity index (χ2n) is 21.8. The van der Waals surface area contributed by atoms with E-state index in [0.29, 0.717) is 6.42 Å². The zero-order valence-corrected chi connectivity index (χ0v) is 47.6. The number of hydrogen-bond acceptors (Lipinski definition) is 8. The van der Waals surface area contributed by atoms with Gasteiger partial charge >= 0.3 is 0 Å². The molecule has 1 saturated heterocycles. The molecule has 0 spiro atoms. The van der Waals surface area contributed by atoms with Gasteiger partial charge in [0.2, 0.25) is 5.91 Å². The highest BCUT2D eigenvalue weighted by molar-refractivity contribution is 5.76. The third-order valence-corrected chi connectivity index (χ3v) is 14.9. The molecule has 1 heterocycles. The Morgan fingerprint density at radius 2 is 0.781 bits per heavy atom. The molecule has 0 aromatic carbocycles.